The van der Waals surface area contributed by atoms with Gasteiger partial charge in [-0.25, -0.2) is 0 Å². The molecule has 19 heavy (non-hydrogen) atoms. The summed E-state index contributed by atoms with van der Waals surface area (Å²) < 4.78 is 0.926. The predicted molar refractivity (Wildman–Crippen MR) is 77.2 cm³/mol. The van der Waals surface area contributed by atoms with E-state index in [0.29, 0.717) is 12.1 Å². The molecule has 1 aromatic carbocycles. The molecule has 1 atom stereocenters. The van der Waals surface area contributed by atoms with Crippen LogP contribution in [-0.4, -0.2) is 16.1 Å². The van der Waals surface area contributed by atoms with Gasteiger partial charge in [-0.3, -0.25) is 9.78 Å². The Morgan fingerprint density at radius 3 is 2.68 bits per heavy atom. The average molecular weight is 320 g/mol. The van der Waals surface area contributed by atoms with Gasteiger partial charge >= 0.3 is 5.97 Å². The van der Waals surface area contributed by atoms with Gasteiger partial charge in [-0.2, -0.15) is 0 Å². The molecule has 1 unspecified atom stereocenters. The number of aryl methyl sites for hydroxylation is 1. The maximum absolute atomic E-state index is 11.5. The van der Waals surface area contributed by atoms with Crippen molar-refractivity contribution in [3.8, 4) is 0 Å². The number of carboxylic acid groups (broad SMARTS) is 1. The van der Waals surface area contributed by atoms with Crippen molar-refractivity contribution in [1.29, 1.82) is 0 Å². The van der Waals surface area contributed by atoms with Gasteiger partial charge in [0.1, 0.15) is 5.92 Å². The summed E-state index contributed by atoms with van der Waals surface area (Å²) in [6, 6.07) is 11.4. The van der Waals surface area contributed by atoms with Crippen molar-refractivity contribution in [3.05, 3.63) is 63.9 Å². The topological polar surface area (TPSA) is 50.2 Å². The van der Waals surface area contributed by atoms with Crippen molar-refractivity contribution >= 4 is 21.9 Å². The van der Waals surface area contributed by atoms with Crippen molar-refractivity contribution in [2.24, 2.45) is 0 Å². The number of hydrogen-bond acceptors (Lipinski definition) is 2. The second-order valence-electron chi connectivity index (χ2n) is 4.39. The monoisotopic (exact) mass is 319 g/mol. The number of carboxylic acids is 1. The molecule has 0 aliphatic heterocycles. The van der Waals surface area contributed by atoms with Gasteiger partial charge in [0.15, 0.2) is 0 Å². The molecule has 1 aromatic heterocycles. The zero-order chi connectivity index (χ0) is 13.8. The number of aliphatic carboxylic acids is 1. The minimum absolute atomic E-state index is 0.425. The summed E-state index contributed by atoms with van der Waals surface area (Å²) in [5.74, 6) is -1.47. The Morgan fingerprint density at radius 1 is 1.32 bits per heavy atom. The highest BCUT2D eigenvalue weighted by atomic mass is 79.9. The van der Waals surface area contributed by atoms with Crippen LogP contribution in [0.25, 0.3) is 0 Å². The van der Waals surface area contributed by atoms with Crippen LogP contribution in [0, 0.1) is 6.92 Å². The third kappa shape index (κ3) is 3.20. The summed E-state index contributed by atoms with van der Waals surface area (Å²) in [7, 11) is 0. The van der Waals surface area contributed by atoms with Gasteiger partial charge < -0.3 is 5.11 Å². The van der Waals surface area contributed by atoms with Crippen LogP contribution in [0.4, 0.5) is 0 Å². The minimum Gasteiger partial charge on any atom is -0.481 e. The molecule has 2 aromatic rings. The smallest absolute Gasteiger partial charge is 0.312 e. The van der Waals surface area contributed by atoms with Gasteiger partial charge in [0.2, 0.25) is 0 Å². The fourth-order valence-electron chi connectivity index (χ4n) is 2.05. The van der Waals surface area contributed by atoms with E-state index in [9.17, 15) is 9.90 Å². The Morgan fingerprint density at radius 2 is 2.05 bits per heavy atom. The summed E-state index contributed by atoms with van der Waals surface area (Å²) in [5.41, 5.74) is 2.51. The molecule has 0 radical (unpaired) electrons. The standard InChI is InChI=1S/C15H14BrNO2/c1-10-5-4-8-17-14(10)12(15(18)19)9-11-6-2-3-7-13(11)16/h2-8,12H,9H2,1H3,(H,18,19). The van der Waals surface area contributed by atoms with E-state index >= 15 is 0 Å². The number of rotatable bonds is 4. The Hall–Kier alpha value is -1.68. The van der Waals surface area contributed by atoms with Crippen molar-refractivity contribution in [1.82, 2.24) is 4.98 Å². The normalized spacial score (nSPS) is 12.1. The minimum atomic E-state index is -0.849. The number of nitrogens with zero attached hydrogens (tertiary/aromatic N) is 1. The van der Waals surface area contributed by atoms with Gasteiger partial charge in [-0.1, -0.05) is 40.2 Å². The van der Waals surface area contributed by atoms with Crippen molar-refractivity contribution < 1.29 is 9.90 Å². The van der Waals surface area contributed by atoms with Crippen LogP contribution in [0.1, 0.15) is 22.7 Å². The highest BCUT2D eigenvalue weighted by Crippen LogP contribution is 2.26. The lowest BCUT2D eigenvalue weighted by molar-refractivity contribution is -0.138. The molecule has 0 amide bonds. The first-order chi connectivity index (χ1) is 9.09. The second kappa shape index (κ2) is 5.97. The van der Waals surface area contributed by atoms with E-state index in [1.807, 2.05) is 43.3 Å². The summed E-state index contributed by atoms with van der Waals surface area (Å²) in [6.07, 6.45) is 2.06. The van der Waals surface area contributed by atoms with Crippen molar-refractivity contribution in [2.45, 2.75) is 19.3 Å². The molecular weight excluding hydrogens is 306 g/mol. The number of carbonyl (C=O) groups is 1. The Kier molecular flexibility index (Phi) is 4.32. The van der Waals surface area contributed by atoms with E-state index in [0.717, 1.165) is 15.6 Å². The van der Waals surface area contributed by atoms with E-state index < -0.39 is 11.9 Å². The Balaban J connectivity index is 2.35. The Labute approximate surface area is 120 Å². The van der Waals surface area contributed by atoms with Crippen LogP contribution in [0.15, 0.2) is 47.1 Å². The first kappa shape index (κ1) is 13.7. The third-order valence-corrected chi connectivity index (χ3v) is 3.83. The first-order valence-electron chi connectivity index (χ1n) is 5.97. The van der Waals surface area contributed by atoms with E-state index in [-0.39, 0.29) is 0 Å². The van der Waals surface area contributed by atoms with Gasteiger partial charge in [0, 0.05) is 10.7 Å². The molecule has 0 saturated carbocycles. The molecule has 2 rings (SSSR count). The summed E-state index contributed by atoms with van der Waals surface area (Å²) in [4.78, 5) is 15.7. The lowest BCUT2D eigenvalue weighted by Crippen LogP contribution is -2.17. The molecular formula is C15H14BrNO2. The number of hydrogen-bond donors (Lipinski definition) is 1. The molecule has 0 aliphatic rings. The van der Waals surface area contributed by atoms with Gasteiger partial charge in [0.05, 0.1) is 5.69 Å². The molecule has 1 heterocycles. The summed E-state index contributed by atoms with van der Waals surface area (Å²) in [6.45, 7) is 1.89. The molecule has 0 bridgehead atoms. The number of pyridine rings is 1. The van der Waals surface area contributed by atoms with Crippen LogP contribution in [0.3, 0.4) is 0 Å². The van der Waals surface area contributed by atoms with Gasteiger partial charge in [-0.15, -0.1) is 0 Å². The summed E-state index contributed by atoms with van der Waals surface area (Å²) >= 11 is 3.45. The number of benzene rings is 1. The lowest BCUT2D eigenvalue weighted by Gasteiger charge is -2.15. The second-order valence-corrected chi connectivity index (χ2v) is 5.25. The fraction of sp³-hybridized carbons (Fsp3) is 0.200. The Bertz CT molecular complexity index is 598. The highest BCUT2D eigenvalue weighted by molar-refractivity contribution is 9.10. The third-order valence-electron chi connectivity index (χ3n) is 3.06. The fourth-order valence-corrected chi connectivity index (χ4v) is 2.49. The summed E-state index contributed by atoms with van der Waals surface area (Å²) in [5, 5.41) is 9.45. The van der Waals surface area contributed by atoms with E-state index in [2.05, 4.69) is 20.9 Å². The zero-order valence-corrected chi connectivity index (χ0v) is 12.1. The first-order valence-corrected chi connectivity index (χ1v) is 6.76. The van der Waals surface area contributed by atoms with Gasteiger partial charge in [0.25, 0.3) is 0 Å². The van der Waals surface area contributed by atoms with Crippen LogP contribution in [-0.2, 0) is 11.2 Å². The quantitative estimate of drug-likeness (QED) is 0.937. The number of aromatic nitrogens is 1. The van der Waals surface area contributed by atoms with Crippen LogP contribution >= 0.6 is 15.9 Å². The maximum atomic E-state index is 11.5. The molecule has 0 saturated heterocycles. The maximum Gasteiger partial charge on any atom is 0.312 e. The van der Waals surface area contributed by atoms with E-state index in [1.165, 1.54) is 0 Å². The molecule has 0 aliphatic carbocycles. The molecule has 4 heteroatoms. The highest BCUT2D eigenvalue weighted by Gasteiger charge is 2.24. The molecule has 0 fully saturated rings. The van der Waals surface area contributed by atoms with E-state index in [1.54, 1.807) is 6.20 Å². The number of halogens is 1. The average Bonchev–Trinajstić information content (AvgIpc) is 2.38. The molecule has 1 N–H and O–H groups in total. The molecule has 3 nitrogen and oxygen atoms in total. The lowest BCUT2D eigenvalue weighted by atomic mass is 9.93. The van der Waals surface area contributed by atoms with Crippen molar-refractivity contribution in [2.75, 3.05) is 0 Å². The van der Waals surface area contributed by atoms with Crippen LogP contribution < -0.4 is 0 Å². The van der Waals surface area contributed by atoms with Crippen molar-refractivity contribution in [3.63, 3.8) is 0 Å². The van der Waals surface area contributed by atoms with Gasteiger partial charge in [-0.05, 0) is 36.6 Å². The van der Waals surface area contributed by atoms with Crippen LogP contribution in [0.5, 0.6) is 0 Å². The SMILES string of the molecule is Cc1cccnc1C(Cc1ccccc1Br)C(=O)O. The van der Waals surface area contributed by atoms with E-state index in [4.69, 9.17) is 0 Å². The molecule has 0 spiro atoms. The largest absolute Gasteiger partial charge is 0.481 e. The zero-order valence-electron chi connectivity index (χ0n) is 10.5. The molecule has 98 valence electrons. The predicted octanol–water partition coefficient (Wildman–Crippen LogP) is 3.56. The van der Waals surface area contributed by atoms with Crippen LogP contribution in [0.2, 0.25) is 0 Å².